The number of likely N-dealkylation sites (tertiary alicyclic amines) is 1. The fourth-order valence-corrected chi connectivity index (χ4v) is 4.93. The number of piperidine rings is 1. The van der Waals surface area contributed by atoms with Crippen LogP contribution in [-0.2, 0) is 16.4 Å². The summed E-state index contributed by atoms with van der Waals surface area (Å²) >= 11 is 0. The number of hydrogen-bond acceptors (Lipinski definition) is 4. The average molecular weight is 580 g/mol. The highest BCUT2D eigenvalue weighted by Gasteiger charge is 2.37. The number of hydrogen-bond donors (Lipinski definition) is 3. The molecule has 0 aromatic heterocycles. The Hall–Kier alpha value is -3.63. The Morgan fingerprint density at radius 3 is 2.10 bits per heavy atom. The van der Waals surface area contributed by atoms with Crippen LogP contribution in [0.15, 0.2) is 36.4 Å². The minimum Gasteiger partial charge on any atom is -0.478 e. The van der Waals surface area contributed by atoms with Crippen LogP contribution in [0.1, 0.15) is 86.2 Å². The predicted molar refractivity (Wildman–Crippen MR) is 147 cm³/mol. The van der Waals surface area contributed by atoms with Gasteiger partial charge in [-0.2, -0.15) is 13.2 Å². The van der Waals surface area contributed by atoms with Crippen molar-refractivity contribution in [3.05, 3.63) is 64.5 Å². The Labute approximate surface area is 237 Å². The average Bonchev–Trinajstić information content (AvgIpc) is 2.85. The van der Waals surface area contributed by atoms with Gasteiger partial charge in [-0.05, 0) is 73.1 Å². The summed E-state index contributed by atoms with van der Waals surface area (Å²) in [7, 11) is 0. The van der Waals surface area contributed by atoms with E-state index in [1.807, 2.05) is 33.8 Å². The summed E-state index contributed by atoms with van der Waals surface area (Å²) in [6.45, 7) is 11.9. The third kappa shape index (κ3) is 7.56. The summed E-state index contributed by atoms with van der Waals surface area (Å²) in [4.78, 5) is 39.5. The molecule has 1 aliphatic rings. The van der Waals surface area contributed by atoms with Gasteiger partial charge in [0.05, 0.1) is 16.7 Å². The third-order valence-electron chi connectivity index (χ3n) is 7.44. The number of nitrogens with one attached hydrogen (secondary N) is 2. The molecule has 2 amide bonds. The second-order valence-corrected chi connectivity index (χ2v) is 12.2. The number of carbonyl (C=O) groups excluding carboxylic acids is 2. The Morgan fingerprint density at radius 1 is 0.976 bits per heavy atom. The Kier molecular flexibility index (Phi) is 9.10. The summed E-state index contributed by atoms with van der Waals surface area (Å²) in [5.41, 5.74) is -1.05. The summed E-state index contributed by atoms with van der Waals surface area (Å²) in [6, 6.07) is 5.66. The number of halogens is 4. The molecule has 0 spiro atoms. The highest BCUT2D eigenvalue weighted by Crippen LogP contribution is 2.33. The second-order valence-electron chi connectivity index (χ2n) is 12.2. The monoisotopic (exact) mass is 579 g/mol. The van der Waals surface area contributed by atoms with E-state index in [4.69, 9.17) is 0 Å². The molecule has 1 saturated heterocycles. The molecule has 3 N–H and O–H groups in total. The van der Waals surface area contributed by atoms with Crippen LogP contribution >= 0.6 is 0 Å². The first kappa shape index (κ1) is 31.9. The van der Waals surface area contributed by atoms with Crippen molar-refractivity contribution in [3.63, 3.8) is 0 Å². The molecule has 1 fully saturated rings. The summed E-state index contributed by atoms with van der Waals surface area (Å²) in [5.74, 6) is -4.01. The first-order valence-electron chi connectivity index (χ1n) is 13.4. The maximum Gasteiger partial charge on any atom is 0.416 e. The van der Waals surface area contributed by atoms with Crippen LogP contribution in [0.4, 0.5) is 23.2 Å². The molecule has 0 aliphatic carbocycles. The molecule has 11 heteroatoms. The molecule has 3 rings (SSSR count). The van der Waals surface area contributed by atoms with Crippen molar-refractivity contribution in [2.45, 2.75) is 77.6 Å². The normalized spacial score (nSPS) is 16.3. The van der Waals surface area contributed by atoms with Gasteiger partial charge in [-0.3, -0.25) is 9.59 Å². The number of nitrogens with zero attached hydrogens (tertiary/aromatic N) is 1. The Morgan fingerprint density at radius 2 is 1.59 bits per heavy atom. The van der Waals surface area contributed by atoms with Gasteiger partial charge >= 0.3 is 12.1 Å². The van der Waals surface area contributed by atoms with E-state index >= 15 is 0 Å². The highest BCUT2D eigenvalue weighted by atomic mass is 19.4. The van der Waals surface area contributed by atoms with Gasteiger partial charge in [-0.25, -0.2) is 9.18 Å². The number of anilines is 1. The summed E-state index contributed by atoms with van der Waals surface area (Å²) in [6.07, 6.45) is -3.66. The van der Waals surface area contributed by atoms with Crippen LogP contribution in [0.25, 0.3) is 0 Å². The van der Waals surface area contributed by atoms with E-state index in [1.165, 1.54) is 0 Å². The van der Waals surface area contributed by atoms with E-state index < -0.39 is 63.8 Å². The minimum absolute atomic E-state index is 0.236. The summed E-state index contributed by atoms with van der Waals surface area (Å²) in [5, 5.41) is 15.5. The lowest BCUT2D eigenvalue weighted by Crippen LogP contribution is -2.56. The fraction of sp³-hybridized carbons (Fsp3) is 0.500. The van der Waals surface area contributed by atoms with Crippen molar-refractivity contribution in [2.24, 2.45) is 5.92 Å². The van der Waals surface area contributed by atoms with Gasteiger partial charge in [-0.15, -0.1) is 0 Å². The molecule has 1 unspecified atom stereocenters. The maximum absolute atomic E-state index is 14.3. The molecule has 224 valence electrons. The van der Waals surface area contributed by atoms with E-state index in [1.54, 1.807) is 30.9 Å². The molecular weight excluding hydrogens is 542 g/mol. The lowest BCUT2D eigenvalue weighted by Gasteiger charge is -2.42. The quantitative estimate of drug-likeness (QED) is 0.345. The predicted octanol–water partition coefficient (Wildman–Crippen LogP) is 6.09. The minimum atomic E-state index is -4.75. The van der Waals surface area contributed by atoms with Crippen molar-refractivity contribution < 1.29 is 37.1 Å². The van der Waals surface area contributed by atoms with E-state index in [2.05, 4.69) is 10.6 Å². The molecule has 41 heavy (non-hydrogen) atoms. The number of amides is 2. The van der Waals surface area contributed by atoms with Gasteiger partial charge in [0.15, 0.2) is 0 Å². The summed E-state index contributed by atoms with van der Waals surface area (Å²) < 4.78 is 53.6. The lowest BCUT2D eigenvalue weighted by molar-refractivity contribution is -0.138. The Bertz CT molecular complexity index is 1310. The molecule has 2 aromatic carbocycles. The van der Waals surface area contributed by atoms with Crippen molar-refractivity contribution in [1.29, 1.82) is 0 Å². The first-order valence-corrected chi connectivity index (χ1v) is 13.4. The van der Waals surface area contributed by atoms with Crippen molar-refractivity contribution in [1.82, 2.24) is 10.2 Å². The zero-order valence-corrected chi connectivity index (χ0v) is 24.1. The van der Waals surface area contributed by atoms with Crippen LogP contribution < -0.4 is 10.6 Å². The van der Waals surface area contributed by atoms with E-state index in [9.17, 15) is 37.1 Å². The molecule has 0 radical (unpaired) electrons. The molecule has 0 bridgehead atoms. The highest BCUT2D eigenvalue weighted by molar-refractivity contribution is 5.98. The second kappa shape index (κ2) is 11.7. The van der Waals surface area contributed by atoms with Crippen LogP contribution in [0.2, 0.25) is 0 Å². The molecular formula is C30H37F4N3O4. The molecule has 1 atom stereocenters. The van der Waals surface area contributed by atoms with Crippen LogP contribution in [-0.4, -0.2) is 52.5 Å². The lowest BCUT2D eigenvalue weighted by atomic mass is 9.83. The van der Waals surface area contributed by atoms with Crippen molar-refractivity contribution in [2.75, 3.05) is 18.4 Å². The standard InChI is InChI=1S/C30H37F4N3O4/c1-17(2)24(35-25(38)21-15-18(30(32,33)34)7-10-23(21)31)26(39)37-13-11-29(6,12-14-37)36-19-8-9-20(27(40)41)22(16-19)28(3,4)5/h7-10,15-17,24,36H,11-14H2,1-6H3,(H,35,38)(H,40,41). The molecule has 7 nitrogen and oxygen atoms in total. The van der Waals surface area contributed by atoms with Crippen LogP contribution in [0, 0.1) is 11.7 Å². The first-order chi connectivity index (χ1) is 18.8. The number of alkyl halides is 3. The van der Waals surface area contributed by atoms with E-state index in [0.717, 1.165) is 5.69 Å². The van der Waals surface area contributed by atoms with Gasteiger partial charge in [-0.1, -0.05) is 34.6 Å². The van der Waals surface area contributed by atoms with Gasteiger partial charge in [0.2, 0.25) is 5.91 Å². The largest absolute Gasteiger partial charge is 0.478 e. The van der Waals surface area contributed by atoms with Crippen LogP contribution in [0.3, 0.4) is 0 Å². The fourth-order valence-electron chi connectivity index (χ4n) is 4.93. The molecule has 1 aliphatic heterocycles. The van der Waals surface area contributed by atoms with Gasteiger partial charge in [0.1, 0.15) is 11.9 Å². The van der Waals surface area contributed by atoms with Gasteiger partial charge < -0.3 is 20.6 Å². The molecule has 0 saturated carbocycles. The van der Waals surface area contributed by atoms with Gasteiger partial charge in [0.25, 0.3) is 5.91 Å². The third-order valence-corrected chi connectivity index (χ3v) is 7.44. The van der Waals surface area contributed by atoms with E-state index in [0.29, 0.717) is 49.7 Å². The zero-order chi connectivity index (χ0) is 30.9. The number of carboxylic acids is 1. The van der Waals surface area contributed by atoms with E-state index in [-0.39, 0.29) is 5.56 Å². The number of aromatic carboxylic acids is 1. The Balaban J connectivity index is 1.71. The zero-order valence-electron chi connectivity index (χ0n) is 24.1. The smallest absolute Gasteiger partial charge is 0.416 e. The van der Waals surface area contributed by atoms with Crippen molar-refractivity contribution >= 4 is 23.5 Å². The maximum atomic E-state index is 14.3. The number of carbonyl (C=O) groups is 3. The molecule has 2 aromatic rings. The topological polar surface area (TPSA) is 98.7 Å². The van der Waals surface area contributed by atoms with Crippen molar-refractivity contribution in [3.8, 4) is 0 Å². The number of carboxylic acid groups (broad SMARTS) is 1. The van der Waals surface area contributed by atoms with Gasteiger partial charge in [0, 0.05) is 24.3 Å². The number of rotatable bonds is 7. The van der Waals surface area contributed by atoms with Crippen LogP contribution in [0.5, 0.6) is 0 Å². The SMILES string of the molecule is CC(C)C(NC(=O)c1cc(C(F)(F)F)ccc1F)C(=O)N1CCC(C)(Nc2ccc(C(=O)O)c(C(C)(C)C)c2)CC1. The molecule has 1 heterocycles. The number of benzene rings is 2.